The lowest BCUT2D eigenvalue weighted by atomic mass is 10.1. The van der Waals surface area contributed by atoms with Crippen LogP contribution in [0.5, 0.6) is 0 Å². The van der Waals surface area contributed by atoms with Crippen molar-refractivity contribution in [3.63, 3.8) is 0 Å². The molecule has 248 valence electrons. The summed E-state index contributed by atoms with van der Waals surface area (Å²) in [6, 6.07) is 19.3. The van der Waals surface area contributed by atoms with Gasteiger partial charge in [0, 0.05) is 0 Å². The predicted octanol–water partition coefficient (Wildman–Crippen LogP) is 4.69. The summed E-state index contributed by atoms with van der Waals surface area (Å²) in [6.45, 7) is 6.54. The fourth-order valence-electron chi connectivity index (χ4n) is 4.94. The molecular formula is C34H28O10S4. The van der Waals surface area contributed by atoms with Crippen LogP contribution in [0.25, 0.3) is 0 Å². The first-order chi connectivity index (χ1) is 22.3. The molecule has 0 fully saturated rings. The van der Waals surface area contributed by atoms with Gasteiger partial charge >= 0.3 is 0 Å². The van der Waals surface area contributed by atoms with Crippen LogP contribution in [0.3, 0.4) is 0 Å². The second kappa shape index (κ2) is 12.2. The van der Waals surface area contributed by atoms with E-state index in [0.29, 0.717) is 22.3 Å². The van der Waals surface area contributed by atoms with Gasteiger partial charge in [-0.1, -0.05) is 70.8 Å². The van der Waals surface area contributed by atoms with Crippen molar-refractivity contribution < 1.29 is 43.3 Å². The van der Waals surface area contributed by atoms with E-state index in [4.69, 9.17) is 0 Å². The smallest absolute Gasteiger partial charge is 0.219 e. The van der Waals surface area contributed by atoms with Crippen LogP contribution in [0.15, 0.2) is 136 Å². The van der Waals surface area contributed by atoms with Crippen LogP contribution in [0.4, 0.5) is 0 Å². The van der Waals surface area contributed by atoms with Gasteiger partial charge in [-0.2, -0.15) is 0 Å². The van der Waals surface area contributed by atoms with E-state index in [-0.39, 0.29) is 0 Å². The lowest BCUT2D eigenvalue weighted by molar-refractivity contribution is -0.114. The zero-order valence-electron chi connectivity index (χ0n) is 26.0. The summed E-state index contributed by atoms with van der Waals surface area (Å²) >= 11 is 0. The van der Waals surface area contributed by atoms with Crippen LogP contribution in [0, 0.1) is 27.7 Å². The maximum atomic E-state index is 14.6. The highest BCUT2D eigenvalue weighted by molar-refractivity contribution is 8.03. The van der Waals surface area contributed by atoms with Gasteiger partial charge < -0.3 is 0 Å². The number of carbonyl (C=O) groups is 2. The van der Waals surface area contributed by atoms with Crippen molar-refractivity contribution in [2.75, 3.05) is 0 Å². The van der Waals surface area contributed by atoms with Crippen molar-refractivity contribution in [2.45, 2.75) is 47.3 Å². The second-order valence-electron chi connectivity index (χ2n) is 11.2. The Bertz CT molecular complexity index is 2150. The summed E-state index contributed by atoms with van der Waals surface area (Å²) in [5, 5.41) is 0. The summed E-state index contributed by atoms with van der Waals surface area (Å²) in [4.78, 5) is 19.9. The number of benzene rings is 4. The molecule has 0 spiro atoms. The molecule has 0 saturated heterocycles. The van der Waals surface area contributed by atoms with Crippen molar-refractivity contribution >= 4 is 50.9 Å². The molecule has 0 saturated carbocycles. The van der Waals surface area contributed by atoms with Crippen LogP contribution < -0.4 is 0 Å². The molecule has 4 aromatic rings. The first-order valence-electron chi connectivity index (χ1n) is 14.2. The average Bonchev–Trinajstić information content (AvgIpc) is 3.02. The van der Waals surface area contributed by atoms with E-state index < -0.39 is 90.1 Å². The molecule has 1 aliphatic carbocycles. The Morgan fingerprint density at radius 1 is 0.292 bits per heavy atom. The Morgan fingerprint density at radius 2 is 0.438 bits per heavy atom. The summed E-state index contributed by atoms with van der Waals surface area (Å²) in [6.07, 6.45) is 0. The van der Waals surface area contributed by atoms with E-state index in [1.54, 1.807) is 27.7 Å². The molecule has 0 radical (unpaired) electrons. The van der Waals surface area contributed by atoms with Gasteiger partial charge in [0.15, 0.2) is 0 Å². The molecule has 48 heavy (non-hydrogen) atoms. The van der Waals surface area contributed by atoms with Crippen LogP contribution in [0.2, 0.25) is 0 Å². The zero-order valence-corrected chi connectivity index (χ0v) is 29.2. The van der Waals surface area contributed by atoms with Gasteiger partial charge in [-0.05, 0) is 76.2 Å². The van der Waals surface area contributed by atoms with E-state index in [1.807, 2.05) is 0 Å². The number of allylic oxidation sites excluding steroid dienone is 4. The fraction of sp³-hybridized carbons (Fsp3) is 0.118. The van der Waals surface area contributed by atoms with Crippen molar-refractivity contribution in [3.05, 3.63) is 139 Å². The number of sulfone groups is 4. The lowest BCUT2D eigenvalue weighted by Gasteiger charge is -2.24. The average molecular weight is 725 g/mol. The number of carbonyl (C=O) groups excluding carboxylic acids is 2. The van der Waals surface area contributed by atoms with Gasteiger partial charge in [0.2, 0.25) is 50.9 Å². The van der Waals surface area contributed by atoms with Gasteiger partial charge in [-0.15, -0.1) is 0 Å². The first kappa shape index (κ1) is 34.8. The molecule has 5 rings (SSSR count). The summed E-state index contributed by atoms with van der Waals surface area (Å²) < 4.78 is 114. The molecule has 0 aliphatic heterocycles. The van der Waals surface area contributed by atoms with Gasteiger partial charge in [0.1, 0.15) is 19.6 Å². The number of aryl methyl sites for hydroxylation is 4. The molecule has 0 atom stereocenters. The summed E-state index contributed by atoms with van der Waals surface area (Å²) in [7, 11) is -21.2. The number of rotatable bonds is 8. The minimum Gasteiger partial charge on any atom is -0.287 e. The van der Waals surface area contributed by atoms with Crippen LogP contribution in [0.1, 0.15) is 22.3 Å². The minimum atomic E-state index is -5.29. The van der Waals surface area contributed by atoms with E-state index in [9.17, 15) is 43.3 Å². The van der Waals surface area contributed by atoms with E-state index in [0.717, 1.165) is 48.5 Å². The Hall–Kier alpha value is -4.50. The molecule has 0 heterocycles. The third kappa shape index (κ3) is 5.89. The molecule has 14 heteroatoms. The Morgan fingerprint density at radius 3 is 0.583 bits per heavy atom. The largest absolute Gasteiger partial charge is 0.287 e. The molecule has 0 bridgehead atoms. The van der Waals surface area contributed by atoms with E-state index in [1.165, 1.54) is 48.5 Å². The van der Waals surface area contributed by atoms with E-state index >= 15 is 0 Å². The monoisotopic (exact) mass is 724 g/mol. The maximum Gasteiger partial charge on any atom is 0.219 e. The highest BCUT2D eigenvalue weighted by atomic mass is 32.2. The molecule has 0 unspecified atom stereocenters. The first-order valence-corrected chi connectivity index (χ1v) is 20.1. The molecule has 0 amide bonds. The number of ketones is 2. The fourth-order valence-corrected chi connectivity index (χ4v) is 12.0. The zero-order chi connectivity index (χ0) is 35.4. The van der Waals surface area contributed by atoms with E-state index in [2.05, 4.69) is 0 Å². The molecule has 0 N–H and O–H groups in total. The Labute approximate surface area is 279 Å². The van der Waals surface area contributed by atoms with Crippen molar-refractivity contribution in [1.82, 2.24) is 0 Å². The quantitative estimate of drug-likeness (QED) is 0.232. The van der Waals surface area contributed by atoms with Crippen LogP contribution in [-0.2, 0) is 48.9 Å². The standard InChI is InChI=1S/C34H28O10S4/c1-21-5-13-25(14-6-21)45(37,38)31-29(35)33(47(41,42)27-17-9-23(3)10-18-27)34(48(43,44)28-19-11-24(4)12-20-28)30(36)32(31)46(39,40)26-15-7-22(2)8-16-26/h5-20H,1-4H3. The van der Waals surface area contributed by atoms with Gasteiger partial charge in [0.05, 0.1) is 19.6 Å². The van der Waals surface area contributed by atoms with Gasteiger partial charge in [0.25, 0.3) is 0 Å². The number of hydrogen-bond acceptors (Lipinski definition) is 10. The molecule has 1 aliphatic rings. The molecule has 10 nitrogen and oxygen atoms in total. The Kier molecular flexibility index (Phi) is 8.84. The van der Waals surface area contributed by atoms with Gasteiger partial charge in [-0.3, -0.25) is 9.59 Å². The van der Waals surface area contributed by atoms with Crippen molar-refractivity contribution in [1.29, 1.82) is 0 Å². The molecular weight excluding hydrogens is 697 g/mol. The lowest BCUT2D eigenvalue weighted by Crippen LogP contribution is -2.36. The third-order valence-corrected chi connectivity index (χ3v) is 15.2. The van der Waals surface area contributed by atoms with Crippen LogP contribution in [-0.4, -0.2) is 45.2 Å². The highest BCUT2D eigenvalue weighted by Gasteiger charge is 2.53. The SMILES string of the molecule is Cc1ccc(S(=O)(=O)C2=C(S(=O)(=O)c3ccc(C)cc3)C(=O)C(S(=O)(=O)c3ccc(C)cc3)=C(S(=O)(=O)c3ccc(C)cc3)C2=O)cc1. The number of hydrogen-bond donors (Lipinski definition) is 0. The summed E-state index contributed by atoms with van der Waals surface area (Å²) in [5.74, 6) is -3.96. The van der Waals surface area contributed by atoms with Crippen molar-refractivity contribution in [2.24, 2.45) is 0 Å². The second-order valence-corrected chi connectivity index (χ2v) is 18.8. The predicted molar refractivity (Wildman–Crippen MR) is 178 cm³/mol. The van der Waals surface area contributed by atoms with Gasteiger partial charge in [-0.25, -0.2) is 33.7 Å². The maximum absolute atomic E-state index is 14.6. The minimum absolute atomic E-state index is 0.593. The normalized spacial score (nSPS) is 14.8. The van der Waals surface area contributed by atoms with Crippen molar-refractivity contribution in [3.8, 4) is 0 Å². The molecule has 4 aromatic carbocycles. The topological polar surface area (TPSA) is 171 Å². The summed E-state index contributed by atoms with van der Waals surface area (Å²) in [5.41, 5.74) is 2.37. The molecule has 0 aromatic heterocycles. The third-order valence-electron chi connectivity index (χ3n) is 7.64. The van der Waals surface area contributed by atoms with Crippen LogP contribution >= 0.6 is 0 Å². The highest BCUT2D eigenvalue weighted by Crippen LogP contribution is 2.43. The number of Topliss-reactive ketones (excluding diaryl/α,β-unsaturated/α-hetero) is 2. The Balaban J connectivity index is 1.97.